The van der Waals surface area contributed by atoms with Crippen LogP contribution in [0.2, 0.25) is 0 Å². The average molecular weight is 315 g/mol. The van der Waals surface area contributed by atoms with Gasteiger partial charge in [0.25, 0.3) is 5.91 Å². The SMILES string of the molecule is Cn1nnnc1-c1cccc(NC(=O)c2c(F)cccc2F)c1. The summed E-state index contributed by atoms with van der Waals surface area (Å²) in [6, 6.07) is 9.90. The number of amides is 1. The smallest absolute Gasteiger partial charge is 0.261 e. The van der Waals surface area contributed by atoms with E-state index in [0.717, 1.165) is 12.1 Å². The first-order valence-corrected chi connectivity index (χ1v) is 6.64. The lowest BCUT2D eigenvalue weighted by molar-refractivity contribution is 0.101. The lowest BCUT2D eigenvalue weighted by Crippen LogP contribution is -2.15. The summed E-state index contributed by atoms with van der Waals surface area (Å²) in [5.74, 6) is -2.21. The third kappa shape index (κ3) is 2.91. The fraction of sp³-hybridized carbons (Fsp3) is 0.0667. The zero-order valence-corrected chi connectivity index (χ0v) is 12.0. The number of tetrazole rings is 1. The predicted molar refractivity (Wildman–Crippen MR) is 78.5 cm³/mol. The molecule has 1 amide bonds. The Kier molecular flexibility index (Phi) is 3.80. The van der Waals surface area contributed by atoms with Gasteiger partial charge >= 0.3 is 0 Å². The molecule has 0 saturated heterocycles. The van der Waals surface area contributed by atoms with Crippen LogP contribution in [0.5, 0.6) is 0 Å². The van der Waals surface area contributed by atoms with Crippen LogP contribution in [0.1, 0.15) is 10.4 Å². The number of anilines is 1. The molecule has 0 unspecified atom stereocenters. The van der Waals surface area contributed by atoms with Crippen molar-refractivity contribution in [1.29, 1.82) is 0 Å². The number of rotatable bonds is 3. The van der Waals surface area contributed by atoms with Crippen molar-refractivity contribution in [2.75, 3.05) is 5.32 Å². The van der Waals surface area contributed by atoms with Gasteiger partial charge in [-0.05, 0) is 34.7 Å². The summed E-state index contributed by atoms with van der Waals surface area (Å²) in [5.41, 5.74) is 0.403. The molecule has 0 atom stereocenters. The molecule has 0 spiro atoms. The molecule has 1 heterocycles. The van der Waals surface area contributed by atoms with Crippen molar-refractivity contribution in [3.63, 3.8) is 0 Å². The van der Waals surface area contributed by atoms with Crippen molar-refractivity contribution < 1.29 is 13.6 Å². The Labute approximate surface area is 129 Å². The number of hydrogen-bond donors (Lipinski definition) is 1. The highest BCUT2D eigenvalue weighted by molar-refractivity contribution is 6.04. The molecule has 8 heteroatoms. The number of carbonyl (C=O) groups excluding carboxylic acids is 1. The Balaban J connectivity index is 1.89. The van der Waals surface area contributed by atoms with Gasteiger partial charge < -0.3 is 5.32 Å². The van der Waals surface area contributed by atoms with Crippen molar-refractivity contribution in [3.8, 4) is 11.4 Å². The minimum Gasteiger partial charge on any atom is -0.322 e. The van der Waals surface area contributed by atoms with Crippen LogP contribution in [0.3, 0.4) is 0 Å². The Hall–Kier alpha value is -3.16. The lowest BCUT2D eigenvalue weighted by atomic mass is 10.1. The monoisotopic (exact) mass is 315 g/mol. The Morgan fingerprint density at radius 1 is 1.13 bits per heavy atom. The number of benzene rings is 2. The summed E-state index contributed by atoms with van der Waals surface area (Å²) in [7, 11) is 1.68. The van der Waals surface area contributed by atoms with Gasteiger partial charge in [-0.2, -0.15) is 0 Å². The van der Waals surface area contributed by atoms with Crippen molar-refractivity contribution in [3.05, 3.63) is 59.7 Å². The van der Waals surface area contributed by atoms with E-state index in [-0.39, 0.29) is 0 Å². The maximum atomic E-state index is 13.6. The van der Waals surface area contributed by atoms with Gasteiger partial charge in [0.15, 0.2) is 5.82 Å². The average Bonchev–Trinajstić information content (AvgIpc) is 2.93. The summed E-state index contributed by atoms with van der Waals surface area (Å²) in [6.45, 7) is 0. The summed E-state index contributed by atoms with van der Waals surface area (Å²) in [6.07, 6.45) is 0. The highest BCUT2D eigenvalue weighted by Crippen LogP contribution is 2.21. The minimum atomic E-state index is -0.920. The van der Waals surface area contributed by atoms with Crippen LogP contribution < -0.4 is 5.32 Å². The molecule has 3 aromatic rings. The lowest BCUT2D eigenvalue weighted by Gasteiger charge is -2.08. The minimum absolute atomic E-state index is 0.373. The molecule has 0 saturated carbocycles. The predicted octanol–water partition coefficient (Wildman–Crippen LogP) is 2.41. The summed E-state index contributed by atoms with van der Waals surface area (Å²) in [4.78, 5) is 12.1. The number of halogens is 2. The van der Waals surface area contributed by atoms with Crippen molar-refractivity contribution in [1.82, 2.24) is 20.2 Å². The Bertz CT molecular complexity index is 858. The maximum Gasteiger partial charge on any atom is 0.261 e. The van der Waals surface area contributed by atoms with E-state index < -0.39 is 23.1 Å². The molecule has 0 aliphatic carbocycles. The zero-order valence-electron chi connectivity index (χ0n) is 12.0. The van der Waals surface area contributed by atoms with Gasteiger partial charge in [-0.3, -0.25) is 4.79 Å². The standard InChI is InChI=1S/C15H11F2N5O/c1-22-14(19-20-21-22)9-4-2-5-10(8-9)18-15(23)13-11(16)6-3-7-12(13)17/h2-8H,1H3,(H,18,23). The van der Waals surface area contributed by atoms with Crippen LogP contribution in [-0.4, -0.2) is 26.1 Å². The van der Waals surface area contributed by atoms with E-state index in [1.807, 2.05) is 0 Å². The topological polar surface area (TPSA) is 72.7 Å². The molecule has 0 fully saturated rings. The molecule has 0 aliphatic rings. The summed E-state index contributed by atoms with van der Waals surface area (Å²) >= 11 is 0. The quantitative estimate of drug-likeness (QED) is 0.805. The van der Waals surface area contributed by atoms with E-state index in [2.05, 4.69) is 20.8 Å². The molecule has 6 nitrogen and oxygen atoms in total. The van der Waals surface area contributed by atoms with Crippen molar-refractivity contribution in [2.24, 2.45) is 7.05 Å². The van der Waals surface area contributed by atoms with Crippen LogP contribution in [0.25, 0.3) is 11.4 Å². The number of aromatic nitrogens is 4. The fourth-order valence-electron chi connectivity index (χ4n) is 2.12. The second-order valence-corrected chi connectivity index (χ2v) is 4.76. The second kappa shape index (κ2) is 5.91. The molecule has 1 aromatic heterocycles. The number of hydrogen-bond acceptors (Lipinski definition) is 4. The number of nitrogens with one attached hydrogen (secondary N) is 1. The van der Waals surface area contributed by atoms with Crippen LogP contribution in [0.15, 0.2) is 42.5 Å². The fourth-order valence-corrected chi connectivity index (χ4v) is 2.12. The van der Waals surface area contributed by atoms with Crippen LogP contribution in [0.4, 0.5) is 14.5 Å². The Morgan fingerprint density at radius 3 is 2.48 bits per heavy atom. The van der Waals surface area contributed by atoms with Gasteiger partial charge in [-0.25, -0.2) is 13.5 Å². The van der Waals surface area contributed by atoms with E-state index in [9.17, 15) is 13.6 Å². The molecule has 0 radical (unpaired) electrons. The van der Waals surface area contributed by atoms with Gasteiger partial charge in [-0.1, -0.05) is 18.2 Å². The van der Waals surface area contributed by atoms with E-state index in [0.29, 0.717) is 17.1 Å². The van der Waals surface area contributed by atoms with Gasteiger partial charge in [-0.15, -0.1) is 5.10 Å². The number of nitrogens with zero attached hydrogens (tertiary/aromatic N) is 4. The van der Waals surface area contributed by atoms with Gasteiger partial charge in [0.1, 0.15) is 17.2 Å². The normalized spacial score (nSPS) is 10.6. The molecule has 1 N–H and O–H groups in total. The molecular weight excluding hydrogens is 304 g/mol. The first-order valence-electron chi connectivity index (χ1n) is 6.64. The summed E-state index contributed by atoms with van der Waals surface area (Å²) < 4.78 is 28.7. The van der Waals surface area contributed by atoms with Crippen LogP contribution in [-0.2, 0) is 7.05 Å². The van der Waals surface area contributed by atoms with Gasteiger partial charge in [0.2, 0.25) is 0 Å². The molecule has 3 rings (SSSR count). The molecule has 0 aliphatic heterocycles. The van der Waals surface area contributed by atoms with Crippen LogP contribution >= 0.6 is 0 Å². The van der Waals surface area contributed by atoms with Gasteiger partial charge in [0.05, 0.1) is 0 Å². The third-order valence-electron chi connectivity index (χ3n) is 3.19. The van der Waals surface area contributed by atoms with E-state index in [4.69, 9.17) is 0 Å². The van der Waals surface area contributed by atoms with E-state index in [1.165, 1.54) is 10.7 Å². The molecule has 23 heavy (non-hydrogen) atoms. The third-order valence-corrected chi connectivity index (χ3v) is 3.19. The number of aryl methyl sites for hydroxylation is 1. The second-order valence-electron chi connectivity index (χ2n) is 4.76. The zero-order chi connectivity index (χ0) is 16.4. The van der Waals surface area contributed by atoms with Gasteiger partial charge in [0, 0.05) is 18.3 Å². The summed E-state index contributed by atoms with van der Waals surface area (Å²) in [5, 5.41) is 13.6. The highest BCUT2D eigenvalue weighted by Gasteiger charge is 2.17. The largest absolute Gasteiger partial charge is 0.322 e. The maximum absolute atomic E-state index is 13.6. The van der Waals surface area contributed by atoms with Crippen molar-refractivity contribution >= 4 is 11.6 Å². The molecule has 2 aromatic carbocycles. The highest BCUT2D eigenvalue weighted by atomic mass is 19.1. The van der Waals surface area contributed by atoms with Crippen LogP contribution in [0, 0.1) is 11.6 Å². The van der Waals surface area contributed by atoms with E-state index >= 15 is 0 Å². The first kappa shape index (κ1) is 14.8. The first-order chi connectivity index (χ1) is 11.1. The number of carbonyl (C=O) groups is 1. The molecular formula is C15H11F2N5O. The molecule has 0 bridgehead atoms. The molecule has 116 valence electrons. The van der Waals surface area contributed by atoms with E-state index in [1.54, 1.807) is 31.3 Å². The van der Waals surface area contributed by atoms with Crippen molar-refractivity contribution in [2.45, 2.75) is 0 Å². The Morgan fingerprint density at radius 2 is 1.83 bits per heavy atom.